The van der Waals surface area contributed by atoms with Crippen LogP contribution in [0.15, 0.2) is 72.9 Å². The van der Waals surface area contributed by atoms with E-state index in [9.17, 15) is 0 Å². The maximum atomic E-state index is 15.5. The highest BCUT2D eigenvalue weighted by Gasteiger charge is 2.54. The minimum absolute atomic E-state index is 0.0376. The number of hydrogen-bond donors (Lipinski definition) is 0. The number of ether oxygens (including phenoxy) is 2. The summed E-state index contributed by atoms with van der Waals surface area (Å²) in [6.45, 7) is 0. The standard InChI is InChI=1S/C30H16F4NO2/c31-21-8-1-15-13-20-18(21)6-2-16-4-9-23(33)28(25(16)20)36-30(14-15)35-12-11-22(32)19-7-3-17-5-10-24(34)29(37-30)26(17)27(19)35/h1-13,15H,14H2/q+1. The lowest BCUT2D eigenvalue weighted by Crippen LogP contribution is -2.66. The molecule has 1 aromatic heterocycles. The van der Waals surface area contributed by atoms with Crippen LogP contribution in [-0.2, 0) is 5.91 Å². The first-order valence-electron chi connectivity index (χ1n) is 11.9. The Balaban J connectivity index is 1.53. The third-order valence-electron chi connectivity index (χ3n) is 7.57. The van der Waals surface area contributed by atoms with Crippen LogP contribution in [0.3, 0.4) is 0 Å². The highest BCUT2D eigenvalue weighted by molar-refractivity contribution is 6.07. The van der Waals surface area contributed by atoms with E-state index in [-0.39, 0.29) is 23.3 Å². The van der Waals surface area contributed by atoms with E-state index in [1.807, 2.05) is 6.08 Å². The third-order valence-corrected chi connectivity index (χ3v) is 7.57. The van der Waals surface area contributed by atoms with E-state index in [4.69, 9.17) is 9.47 Å². The fourth-order valence-electron chi connectivity index (χ4n) is 5.95. The zero-order chi connectivity index (χ0) is 25.1. The van der Waals surface area contributed by atoms with Crippen molar-refractivity contribution in [3.8, 4) is 11.5 Å². The molecule has 8 rings (SSSR count). The molecule has 3 aliphatic rings. The Kier molecular flexibility index (Phi) is 3.86. The summed E-state index contributed by atoms with van der Waals surface area (Å²) in [5.74, 6) is -4.76. The molecule has 0 saturated heterocycles. The summed E-state index contributed by atoms with van der Waals surface area (Å²) in [7, 11) is 0. The highest BCUT2D eigenvalue weighted by Crippen LogP contribution is 2.44. The van der Waals surface area contributed by atoms with Gasteiger partial charge in [0.2, 0.25) is 5.52 Å². The Labute approximate surface area is 206 Å². The first kappa shape index (κ1) is 20.8. The third kappa shape index (κ3) is 2.63. The average molecular weight is 498 g/mol. The number of rotatable bonds is 0. The topological polar surface area (TPSA) is 22.3 Å². The fourth-order valence-corrected chi connectivity index (χ4v) is 5.95. The van der Waals surface area contributed by atoms with Gasteiger partial charge < -0.3 is 9.47 Å². The van der Waals surface area contributed by atoms with Crippen molar-refractivity contribution in [2.24, 2.45) is 5.92 Å². The minimum Gasteiger partial charge on any atom is -0.395 e. The Morgan fingerprint density at radius 3 is 2.22 bits per heavy atom. The Morgan fingerprint density at radius 2 is 1.43 bits per heavy atom. The quantitative estimate of drug-likeness (QED) is 0.163. The fraction of sp³-hybridized carbons (Fsp3) is 0.100. The zero-order valence-electron chi connectivity index (χ0n) is 19.1. The SMILES string of the molecule is FC1=c2ccc3ccc(F)c4c3c2=CC(C=C1)CC1(O4)Oc2c(F)ccc3ccc4c(F)cc[n+]1c4c23. The van der Waals surface area contributed by atoms with Crippen LogP contribution in [-0.4, -0.2) is 0 Å². The number of nitrogens with zero attached hydrogens (tertiary/aromatic N) is 1. The highest BCUT2D eigenvalue weighted by atomic mass is 19.1. The van der Waals surface area contributed by atoms with Gasteiger partial charge in [0, 0.05) is 22.6 Å². The first-order chi connectivity index (χ1) is 17.9. The second kappa shape index (κ2) is 6.88. The van der Waals surface area contributed by atoms with Gasteiger partial charge in [0.05, 0.1) is 10.8 Å². The summed E-state index contributed by atoms with van der Waals surface area (Å²) in [6, 6.07) is 13.7. The van der Waals surface area contributed by atoms with Crippen molar-refractivity contribution in [3.05, 3.63) is 101 Å². The molecule has 0 radical (unpaired) electrons. The Morgan fingerprint density at radius 1 is 0.757 bits per heavy atom. The van der Waals surface area contributed by atoms with Gasteiger partial charge in [0.1, 0.15) is 18.1 Å². The molecule has 7 heteroatoms. The van der Waals surface area contributed by atoms with Crippen molar-refractivity contribution in [2.45, 2.75) is 12.3 Å². The van der Waals surface area contributed by atoms with Crippen LogP contribution in [0.1, 0.15) is 6.42 Å². The van der Waals surface area contributed by atoms with Crippen molar-refractivity contribution in [3.63, 3.8) is 0 Å². The largest absolute Gasteiger partial charge is 0.478 e. The lowest BCUT2D eigenvalue weighted by atomic mass is 9.95. The number of pyridine rings is 1. The van der Waals surface area contributed by atoms with Crippen LogP contribution in [0, 0.1) is 23.4 Å². The van der Waals surface area contributed by atoms with E-state index >= 15 is 17.6 Å². The second-order valence-corrected chi connectivity index (χ2v) is 9.63. The van der Waals surface area contributed by atoms with Crippen LogP contribution in [0.25, 0.3) is 44.4 Å². The number of halogens is 4. The molecule has 0 N–H and O–H groups in total. The Bertz CT molecular complexity index is 2030. The van der Waals surface area contributed by atoms with Gasteiger partial charge in [-0.25, -0.2) is 17.6 Å². The summed E-state index contributed by atoms with van der Waals surface area (Å²) in [4.78, 5) is 0. The van der Waals surface area contributed by atoms with E-state index in [0.717, 1.165) is 0 Å². The lowest BCUT2D eigenvalue weighted by molar-refractivity contribution is -0.822. The van der Waals surface area contributed by atoms with Crippen LogP contribution < -0.4 is 24.5 Å². The van der Waals surface area contributed by atoms with Crippen molar-refractivity contribution < 1.29 is 31.6 Å². The van der Waals surface area contributed by atoms with E-state index in [1.165, 1.54) is 30.5 Å². The molecule has 2 bridgehead atoms. The van der Waals surface area contributed by atoms with E-state index in [2.05, 4.69) is 0 Å². The molecule has 0 saturated carbocycles. The van der Waals surface area contributed by atoms with Gasteiger partial charge in [-0.3, -0.25) is 0 Å². The molecule has 1 aliphatic carbocycles. The molecule has 5 aromatic rings. The van der Waals surface area contributed by atoms with Gasteiger partial charge in [-0.1, -0.05) is 42.5 Å². The molecule has 37 heavy (non-hydrogen) atoms. The second-order valence-electron chi connectivity index (χ2n) is 9.63. The molecule has 0 fully saturated rings. The number of fused-ring (bicyclic) bond motifs is 2. The summed E-state index contributed by atoms with van der Waals surface area (Å²) in [5.41, 5.74) is 0.371. The minimum atomic E-state index is -1.80. The van der Waals surface area contributed by atoms with Crippen molar-refractivity contribution in [1.29, 1.82) is 0 Å². The average Bonchev–Trinajstić information content (AvgIpc) is 3.04. The molecule has 3 nitrogen and oxygen atoms in total. The van der Waals surface area contributed by atoms with Gasteiger partial charge in [0.15, 0.2) is 29.3 Å². The monoisotopic (exact) mass is 498 g/mol. The number of allylic oxidation sites excluding steroid dienone is 2. The molecule has 1 spiro atoms. The lowest BCUT2D eigenvalue weighted by Gasteiger charge is -2.35. The summed E-state index contributed by atoms with van der Waals surface area (Å²) in [6.07, 6.45) is 6.42. The van der Waals surface area contributed by atoms with Gasteiger partial charge in [0.25, 0.3) is 0 Å². The predicted octanol–water partition coefficient (Wildman–Crippen LogP) is 5.38. The van der Waals surface area contributed by atoms with Crippen molar-refractivity contribution in [1.82, 2.24) is 0 Å². The molecule has 2 aliphatic heterocycles. The van der Waals surface area contributed by atoms with E-state index in [0.29, 0.717) is 37.5 Å². The molecule has 3 heterocycles. The van der Waals surface area contributed by atoms with E-state index < -0.39 is 35.1 Å². The van der Waals surface area contributed by atoms with Gasteiger partial charge in [-0.2, -0.15) is 0 Å². The molecular weight excluding hydrogens is 482 g/mol. The van der Waals surface area contributed by atoms with Crippen molar-refractivity contribution >= 4 is 44.4 Å². The maximum absolute atomic E-state index is 15.5. The molecular formula is C30H16F4NO2+. The van der Waals surface area contributed by atoms with Crippen LogP contribution in [0.5, 0.6) is 11.5 Å². The van der Waals surface area contributed by atoms with Gasteiger partial charge >= 0.3 is 5.91 Å². The number of benzene rings is 4. The number of hydrogen-bond acceptors (Lipinski definition) is 2. The van der Waals surface area contributed by atoms with Gasteiger partial charge in [-0.15, -0.1) is 4.57 Å². The summed E-state index contributed by atoms with van der Waals surface area (Å²) < 4.78 is 75.5. The smallest absolute Gasteiger partial charge is 0.395 e. The van der Waals surface area contributed by atoms with Gasteiger partial charge in [-0.05, 0) is 40.3 Å². The van der Waals surface area contributed by atoms with Crippen LogP contribution >= 0.6 is 0 Å². The Hall–Kier alpha value is -4.39. The molecule has 2 atom stereocenters. The first-order valence-corrected chi connectivity index (χ1v) is 11.9. The normalized spacial score (nSPS) is 21.2. The van der Waals surface area contributed by atoms with E-state index in [1.54, 1.807) is 47.0 Å². The summed E-state index contributed by atoms with van der Waals surface area (Å²) >= 11 is 0. The molecule has 2 unspecified atom stereocenters. The molecule has 0 amide bonds. The van der Waals surface area contributed by atoms with Crippen molar-refractivity contribution in [2.75, 3.05) is 0 Å². The molecule has 4 aromatic carbocycles. The van der Waals surface area contributed by atoms with Crippen LogP contribution in [0.2, 0.25) is 0 Å². The zero-order valence-corrected chi connectivity index (χ0v) is 19.1. The maximum Gasteiger partial charge on any atom is 0.478 e. The number of aromatic nitrogens is 1. The summed E-state index contributed by atoms with van der Waals surface area (Å²) in [5, 5.41) is 3.19. The van der Waals surface area contributed by atoms with Crippen LogP contribution in [0.4, 0.5) is 17.6 Å². The molecule has 180 valence electrons. The predicted molar refractivity (Wildman–Crippen MR) is 130 cm³/mol.